The Labute approximate surface area is 195 Å². The summed E-state index contributed by atoms with van der Waals surface area (Å²) in [5.74, 6) is -6.52. The quantitative estimate of drug-likeness (QED) is 0.286. The second-order valence-corrected chi connectivity index (χ2v) is 7.50. The van der Waals surface area contributed by atoms with Crippen molar-refractivity contribution in [2.75, 3.05) is 6.61 Å². The van der Waals surface area contributed by atoms with Crippen molar-refractivity contribution in [3.8, 4) is 11.5 Å². The maximum absolute atomic E-state index is 12.9. The fourth-order valence-electron chi connectivity index (χ4n) is 2.96. The van der Waals surface area contributed by atoms with E-state index in [9.17, 15) is 38.0 Å². The minimum atomic E-state index is -4.72. The number of carbonyl (C=O) groups excluding carboxylic acids is 2. The van der Waals surface area contributed by atoms with Gasteiger partial charge in [-0.25, -0.2) is 0 Å². The maximum Gasteiger partial charge on any atom is 0.416 e. The summed E-state index contributed by atoms with van der Waals surface area (Å²) in [7, 11) is 0. The predicted molar refractivity (Wildman–Crippen MR) is 108 cm³/mol. The predicted octanol–water partition coefficient (Wildman–Crippen LogP) is 4.75. The molecule has 33 heavy (non-hydrogen) atoms. The van der Waals surface area contributed by atoms with Crippen LogP contribution in [0, 0.1) is 16.0 Å². The van der Waals surface area contributed by atoms with Gasteiger partial charge in [0, 0.05) is 17.5 Å². The minimum absolute atomic E-state index is 0.0564. The summed E-state index contributed by atoms with van der Waals surface area (Å²) in [6.45, 7) is 2.63. The fourth-order valence-corrected chi connectivity index (χ4v) is 3.52. The van der Waals surface area contributed by atoms with Gasteiger partial charge in [0.25, 0.3) is 5.69 Å². The number of carboxylic acid groups (broad SMARTS) is 1. The Balaban J connectivity index is 2.57. The van der Waals surface area contributed by atoms with Crippen LogP contribution in [0.2, 0.25) is 10.0 Å². The molecule has 0 spiro atoms. The number of alkyl halides is 3. The van der Waals surface area contributed by atoms with Crippen molar-refractivity contribution in [1.29, 1.82) is 0 Å². The highest BCUT2D eigenvalue weighted by Crippen LogP contribution is 2.43. The summed E-state index contributed by atoms with van der Waals surface area (Å²) in [5, 5.41) is 22.2. The number of aliphatic carboxylic acids is 1. The van der Waals surface area contributed by atoms with Crippen molar-refractivity contribution in [3.05, 3.63) is 61.6 Å². The van der Waals surface area contributed by atoms with Crippen LogP contribution in [0.1, 0.15) is 30.9 Å². The molecule has 0 radical (unpaired) electrons. The molecule has 2 aromatic rings. The lowest BCUT2D eigenvalue weighted by Crippen LogP contribution is -2.37. The molecule has 0 fully saturated rings. The Morgan fingerprint density at radius 1 is 1.15 bits per heavy atom. The number of hydrogen-bond donors (Lipinski definition) is 0. The topological polar surface area (TPSA) is 119 Å². The van der Waals surface area contributed by atoms with Crippen LogP contribution < -0.4 is 9.84 Å². The average Bonchev–Trinajstić information content (AvgIpc) is 2.69. The van der Waals surface area contributed by atoms with Crippen LogP contribution in [0.3, 0.4) is 0 Å². The van der Waals surface area contributed by atoms with Gasteiger partial charge in [0.1, 0.15) is 5.75 Å². The molecule has 0 N–H and O–H groups in total. The van der Waals surface area contributed by atoms with E-state index >= 15 is 0 Å². The van der Waals surface area contributed by atoms with Crippen LogP contribution in [0.15, 0.2) is 30.3 Å². The van der Waals surface area contributed by atoms with Gasteiger partial charge in [-0.05, 0) is 31.2 Å². The zero-order valence-electron chi connectivity index (χ0n) is 16.9. The minimum Gasteiger partial charge on any atom is -0.549 e. The SMILES string of the molecule is CCOC(=O)C(C)C(C(=O)[O-])c1cc(Oc2c(Cl)cc(C(F)(F)F)cc2Cl)ccc1[N+](=O)[O-]. The summed E-state index contributed by atoms with van der Waals surface area (Å²) < 4.78 is 49.0. The molecule has 0 aliphatic carbocycles. The molecule has 2 atom stereocenters. The Bertz CT molecular complexity index is 1070. The van der Waals surface area contributed by atoms with Gasteiger partial charge < -0.3 is 19.4 Å². The van der Waals surface area contributed by atoms with Crippen LogP contribution in [0.4, 0.5) is 18.9 Å². The first kappa shape index (κ1) is 26.2. The number of hydrogen-bond acceptors (Lipinski definition) is 7. The molecular weight excluding hydrogens is 494 g/mol. The van der Waals surface area contributed by atoms with Gasteiger partial charge in [-0.2, -0.15) is 13.2 Å². The zero-order valence-corrected chi connectivity index (χ0v) is 18.5. The van der Waals surface area contributed by atoms with Crippen LogP contribution in [0.25, 0.3) is 0 Å². The van der Waals surface area contributed by atoms with E-state index in [0.29, 0.717) is 12.1 Å². The lowest BCUT2D eigenvalue weighted by molar-refractivity contribution is -0.386. The fraction of sp³-hybridized carbons (Fsp3) is 0.300. The van der Waals surface area contributed by atoms with Crippen molar-refractivity contribution in [2.24, 2.45) is 5.92 Å². The Hall–Kier alpha value is -3.05. The smallest absolute Gasteiger partial charge is 0.416 e. The number of esters is 1. The van der Waals surface area contributed by atoms with Gasteiger partial charge in [0.15, 0.2) is 5.75 Å². The molecule has 8 nitrogen and oxygen atoms in total. The molecule has 0 saturated heterocycles. The molecule has 2 rings (SSSR count). The van der Waals surface area contributed by atoms with E-state index < -0.39 is 67.5 Å². The summed E-state index contributed by atoms with van der Waals surface area (Å²) in [6, 6.07) is 4.06. The first-order valence-electron chi connectivity index (χ1n) is 9.17. The first-order valence-corrected chi connectivity index (χ1v) is 9.93. The zero-order chi connectivity index (χ0) is 25.1. The average molecular weight is 509 g/mol. The van der Waals surface area contributed by atoms with E-state index in [4.69, 9.17) is 32.7 Å². The van der Waals surface area contributed by atoms with E-state index in [2.05, 4.69) is 0 Å². The maximum atomic E-state index is 12.9. The molecule has 13 heteroatoms. The highest BCUT2D eigenvalue weighted by atomic mass is 35.5. The molecule has 0 bridgehead atoms. The van der Waals surface area contributed by atoms with Crippen LogP contribution in [-0.2, 0) is 20.5 Å². The van der Waals surface area contributed by atoms with Crippen molar-refractivity contribution in [1.82, 2.24) is 0 Å². The van der Waals surface area contributed by atoms with Gasteiger partial charge in [-0.1, -0.05) is 30.1 Å². The van der Waals surface area contributed by atoms with E-state index in [1.54, 1.807) is 0 Å². The third-order valence-electron chi connectivity index (χ3n) is 4.49. The molecule has 0 amide bonds. The lowest BCUT2D eigenvalue weighted by Gasteiger charge is -2.24. The van der Waals surface area contributed by atoms with Crippen molar-refractivity contribution >= 4 is 40.8 Å². The summed E-state index contributed by atoms with van der Waals surface area (Å²) >= 11 is 11.7. The van der Waals surface area contributed by atoms with E-state index in [1.807, 2.05) is 0 Å². The second kappa shape index (κ2) is 10.3. The molecule has 0 aliphatic rings. The number of carbonyl (C=O) groups is 2. The van der Waals surface area contributed by atoms with Crippen LogP contribution >= 0.6 is 23.2 Å². The first-order chi connectivity index (χ1) is 15.3. The van der Waals surface area contributed by atoms with E-state index in [0.717, 1.165) is 18.2 Å². The summed E-state index contributed by atoms with van der Waals surface area (Å²) in [6.07, 6.45) is -4.72. The number of carboxylic acids is 1. The highest BCUT2D eigenvalue weighted by Gasteiger charge is 2.34. The third-order valence-corrected chi connectivity index (χ3v) is 5.05. The van der Waals surface area contributed by atoms with E-state index in [-0.39, 0.29) is 12.4 Å². The lowest BCUT2D eigenvalue weighted by atomic mass is 9.86. The van der Waals surface area contributed by atoms with Gasteiger partial charge in [0.05, 0.1) is 39.0 Å². The molecule has 0 heterocycles. The Morgan fingerprint density at radius 3 is 2.18 bits per heavy atom. The molecule has 2 aromatic carbocycles. The molecule has 0 aromatic heterocycles. The molecule has 178 valence electrons. The van der Waals surface area contributed by atoms with E-state index in [1.165, 1.54) is 13.8 Å². The van der Waals surface area contributed by atoms with Crippen LogP contribution in [0.5, 0.6) is 11.5 Å². The summed E-state index contributed by atoms with van der Waals surface area (Å²) in [5.41, 5.74) is -2.23. The number of rotatable bonds is 8. The third kappa shape index (κ3) is 6.05. The standard InChI is InChI=1S/C20H16Cl2F3NO7/c1-3-32-19(29)9(2)16(18(27)28)12-8-11(4-5-15(12)26(30)31)33-17-13(21)6-10(7-14(17)22)20(23,24)25/h4-9,16H,3H2,1-2H3,(H,27,28)/p-1. The number of benzene rings is 2. The molecule has 0 saturated carbocycles. The highest BCUT2D eigenvalue weighted by molar-refractivity contribution is 6.37. The van der Waals surface area contributed by atoms with Gasteiger partial charge in [-0.3, -0.25) is 14.9 Å². The normalized spacial score (nSPS) is 13.2. The second-order valence-electron chi connectivity index (χ2n) is 6.68. The van der Waals surface area contributed by atoms with Crippen molar-refractivity contribution < 1.29 is 42.3 Å². The number of nitro groups is 1. The van der Waals surface area contributed by atoms with Gasteiger partial charge in [0.2, 0.25) is 0 Å². The van der Waals surface area contributed by atoms with Gasteiger partial charge in [-0.15, -0.1) is 0 Å². The molecule has 2 unspecified atom stereocenters. The number of halogens is 5. The summed E-state index contributed by atoms with van der Waals surface area (Å²) in [4.78, 5) is 34.5. The van der Waals surface area contributed by atoms with Crippen molar-refractivity contribution in [3.63, 3.8) is 0 Å². The molecule has 0 aliphatic heterocycles. The van der Waals surface area contributed by atoms with Crippen LogP contribution in [-0.4, -0.2) is 23.5 Å². The van der Waals surface area contributed by atoms with Crippen molar-refractivity contribution in [2.45, 2.75) is 25.9 Å². The number of nitro benzene ring substituents is 1. The Morgan fingerprint density at radius 2 is 1.73 bits per heavy atom. The largest absolute Gasteiger partial charge is 0.549 e. The molecular formula is C20H15Cl2F3NO7-. The number of nitrogens with zero attached hydrogens (tertiary/aromatic N) is 1. The van der Waals surface area contributed by atoms with Gasteiger partial charge >= 0.3 is 12.1 Å². The Kier molecular flexibility index (Phi) is 8.15. The monoisotopic (exact) mass is 508 g/mol. The number of ether oxygens (including phenoxy) is 2.